The van der Waals surface area contributed by atoms with Crippen molar-refractivity contribution in [2.75, 3.05) is 0 Å². The zero-order valence-corrected chi connectivity index (χ0v) is 25.4. The van der Waals surface area contributed by atoms with Crippen LogP contribution in [0.15, 0.2) is 0 Å². The van der Waals surface area contributed by atoms with Gasteiger partial charge in [0.15, 0.2) is 0 Å². The normalized spacial score (nSPS) is 50.6. The van der Waals surface area contributed by atoms with Crippen LogP contribution in [0.4, 0.5) is 0 Å². The summed E-state index contributed by atoms with van der Waals surface area (Å²) in [5.41, 5.74) is -1.56. The Morgan fingerprint density at radius 1 is 1.10 bits per heavy atom. The number of Topliss-reactive ketones (excluding diaryl/α,β-unsaturated/α-hetero) is 1. The maximum atomic E-state index is 12.3. The number of aliphatic hydroxyl groups is 2. The molecule has 5 fully saturated rings. The third-order valence-electron chi connectivity index (χ3n) is 12.7. The molecule has 7 nitrogen and oxygen atoms in total. The number of aliphatic hydroxyl groups excluding tert-OH is 1. The molecule has 4 saturated carbocycles. The first-order valence-electron chi connectivity index (χ1n) is 15.4. The van der Waals surface area contributed by atoms with E-state index in [1.165, 1.54) is 13.8 Å². The van der Waals surface area contributed by atoms with E-state index in [0.29, 0.717) is 42.3 Å². The Kier molecular flexibility index (Phi) is 7.18. The number of carbonyl (C=O) groups is 2. The number of hydrogen-bond donors (Lipinski definition) is 2. The molecule has 4 aliphatic carbocycles. The van der Waals surface area contributed by atoms with Gasteiger partial charge in [0, 0.05) is 32.6 Å². The Morgan fingerprint density at radius 2 is 1.79 bits per heavy atom. The van der Waals surface area contributed by atoms with E-state index in [-0.39, 0.29) is 28.6 Å². The van der Waals surface area contributed by atoms with E-state index in [1.54, 1.807) is 0 Å². The standard InChI is InChI=1S/C32H52O7/c1-18(28(3,4)37-19(2)33)15-26-31(7,39-32(8,36)38-26)27-25(35)17-24-22-10-9-20-16-21(34)11-13-29(20,5)23(22)12-14-30(24,27)6/h18,20,22-27,35-36H,9-17H2,1-8H3. The number of ketones is 1. The number of ether oxygens (including phenoxy) is 3. The highest BCUT2D eigenvalue weighted by molar-refractivity contribution is 5.79. The third kappa shape index (κ3) is 4.71. The number of esters is 1. The second-order valence-corrected chi connectivity index (χ2v) is 15.3. The van der Waals surface area contributed by atoms with Crippen molar-refractivity contribution < 1.29 is 34.0 Å². The summed E-state index contributed by atoms with van der Waals surface area (Å²) in [5, 5.41) is 22.8. The molecule has 0 bridgehead atoms. The highest BCUT2D eigenvalue weighted by Crippen LogP contribution is 2.69. The molecule has 5 aliphatic rings. The summed E-state index contributed by atoms with van der Waals surface area (Å²) < 4.78 is 18.2. The van der Waals surface area contributed by atoms with E-state index in [2.05, 4.69) is 13.8 Å². The van der Waals surface area contributed by atoms with Crippen LogP contribution in [0.5, 0.6) is 0 Å². The molecule has 12 atom stereocenters. The molecule has 5 rings (SSSR count). The summed E-state index contributed by atoms with van der Waals surface area (Å²) >= 11 is 0. The van der Waals surface area contributed by atoms with E-state index < -0.39 is 29.4 Å². The van der Waals surface area contributed by atoms with Crippen LogP contribution >= 0.6 is 0 Å². The van der Waals surface area contributed by atoms with Crippen molar-refractivity contribution in [1.82, 2.24) is 0 Å². The highest BCUT2D eigenvalue weighted by Gasteiger charge is 2.69. The van der Waals surface area contributed by atoms with Crippen molar-refractivity contribution in [3.8, 4) is 0 Å². The van der Waals surface area contributed by atoms with Crippen molar-refractivity contribution in [1.29, 1.82) is 0 Å². The summed E-state index contributed by atoms with van der Waals surface area (Å²) in [7, 11) is 0. The number of rotatable bonds is 5. The fraction of sp³-hybridized carbons (Fsp3) is 0.938. The average molecular weight is 549 g/mol. The zero-order chi connectivity index (χ0) is 28.8. The fourth-order valence-corrected chi connectivity index (χ4v) is 10.6. The minimum absolute atomic E-state index is 0.0645. The Labute approximate surface area is 234 Å². The van der Waals surface area contributed by atoms with Crippen molar-refractivity contribution in [3.05, 3.63) is 0 Å². The maximum Gasteiger partial charge on any atom is 0.303 e. The molecule has 7 heteroatoms. The Morgan fingerprint density at radius 3 is 2.46 bits per heavy atom. The molecular weight excluding hydrogens is 496 g/mol. The van der Waals surface area contributed by atoms with E-state index >= 15 is 0 Å². The topological polar surface area (TPSA) is 102 Å². The summed E-state index contributed by atoms with van der Waals surface area (Å²) in [5.74, 6) is 0.0803. The van der Waals surface area contributed by atoms with Crippen molar-refractivity contribution in [2.24, 2.45) is 46.3 Å². The fourth-order valence-electron chi connectivity index (χ4n) is 10.6. The first kappa shape index (κ1) is 29.5. The van der Waals surface area contributed by atoms with Gasteiger partial charge in [-0.15, -0.1) is 0 Å². The Hall–Kier alpha value is -1.02. The van der Waals surface area contributed by atoms with Crippen LogP contribution in [0.2, 0.25) is 0 Å². The molecule has 0 spiro atoms. The van der Waals surface area contributed by atoms with Gasteiger partial charge in [-0.05, 0) is 106 Å². The monoisotopic (exact) mass is 548 g/mol. The summed E-state index contributed by atoms with van der Waals surface area (Å²) in [4.78, 5) is 24.0. The molecule has 12 unspecified atom stereocenters. The van der Waals surface area contributed by atoms with Crippen LogP contribution in [-0.2, 0) is 23.8 Å². The van der Waals surface area contributed by atoms with Crippen LogP contribution in [-0.4, -0.2) is 51.3 Å². The lowest BCUT2D eigenvalue weighted by Crippen LogP contribution is -2.58. The zero-order valence-electron chi connectivity index (χ0n) is 25.4. The van der Waals surface area contributed by atoms with Crippen LogP contribution in [0.3, 0.4) is 0 Å². The van der Waals surface area contributed by atoms with Gasteiger partial charge in [0.2, 0.25) is 0 Å². The van der Waals surface area contributed by atoms with Gasteiger partial charge in [0.05, 0.1) is 12.2 Å². The van der Waals surface area contributed by atoms with Gasteiger partial charge in [0.25, 0.3) is 5.97 Å². The second-order valence-electron chi connectivity index (χ2n) is 15.3. The van der Waals surface area contributed by atoms with E-state index in [4.69, 9.17) is 14.2 Å². The van der Waals surface area contributed by atoms with E-state index in [0.717, 1.165) is 44.9 Å². The summed E-state index contributed by atoms with van der Waals surface area (Å²) in [6.07, 6.45) is 7.04. The SMILES string of the molecule is CC(=O)OC(C)(C)C(C)CC1OC(C)(O)OC1(C)C1C(O)CC2C3CCC4CC(=O)CCC4(C)C3CCC21C. The molecule has 0 aromatic rings. The largest absolute Gasteiger partial charge is 0.460 e. The highest BCUT2D eigenvalue weighted by atomic mass is 16.9. The Bertz CT molecular complexity index is 991. The lowest BCUT2D eigenvalue weighted by molar-refractivity contribution is -0.319. The quantitative estimate of drug-likeness (QED) is 0.444. The van der Waals surface area contributed by atoms with Gasteiger partial charge in [-0.25, -0.2) is 0 Å². The van der Waals surface area contributed by atoms with Gasteiger partial charge in [-0.1, -0.05) is 20.8 Å². The van der Waals surface area contributed by atoms with Crippen molar-refractivity contribution >= 4 is 11.8 Å². The minimum atomic E-state index is -1.75. The number of fused-ring (bicyclic) bond motifs is 5. The molecule has 0 aromatic carbocycles. The van der Waals surface area contributed by atoms with Gasteiger partial charge < -0.3 is 24.4 Å². The maximum absolute atomic E-state index is 12.3. The molecule has 0 radical (unpaired) electrons. The van der Waals surface area contributed by atoms with E-state index in [1.807, 2.05) is 27.7 Å². The lowest BCUT2D eigenvalue weighted by Gasteiger charge is -2.61. The van der Waals surface area contributed by atoms with Crippen molar-refractivity contribution in [2.45, 2.75) is 143 Å². The van der Waals surface area contributed by atoms with Crippen LogP contribution in [0.25, 0.3) is 0 Å². The van der Waals surface area contributed by atoms with Crippen LogP contribution in [0, 0.1) is 46.3 Å². The van der Waals surface area contributed by atoms with Gasteiger partial charge in [-0.2, -0.15) is 0 Å². The van der Waals surface area contributed by atoms with Crippen LogP contribution in [0.1, 0.15) is 113 Å². The molecule has 0 aromatic heterocycles. The summed E-state index contributed by atoms with van der Waals surface area (Å²) in [6.45, 7) is 15.6. The van der Waals surface area contributed by atoms with Gasteiger partial charge in [-0.3, -0.25) is 9.59 Å². The predicted molar refractivity (Wildman–Crippen MR) is 146 cm³/mol. The molecule has 222 valence electrons. The molecule has 2 N–H and O–H groups in total. The Balaban J connectivity index is 1.43. The van der Waals surface area contributed by atoms with Gasteiger partial charge >= 0.3 is 5.97 Å². The molecular formula is C32H52O7. The average Bonchev–Trinajstić information content (AvgIpc) is 3.20. The first-order chi connectivity index (χ1) is 17.9. The minimum Gasteiger partial charge on any atom is -0.460 e. The smallest absolute Gasteiger partial charge is 0.303 e. The second kappa shape index (κ2) is 9.50. The molecule has 1 aliphatic heterocycles. The lowest BCUT2D eigenvalue weighted by atomic mass is 9.44. The number of hydrogen-bond acceptors (Lipinski definition) is 7. The molecule has 1 saturated heterocycles. The first-order valence-corrected chi connectivity index (χ1v) is 15.4. The number of carbonyl (C=O) groups excluding carboxylic acids is 2. The summed E-state index contributed by atoms with van der Waals surface area (Å²) in [6, 6.07) is 0. The molecule has 1 heterocycles. The van der Waals surface area contributed by atoms with Crippen molar-refractivity contribution in [3.63, 3.8) is 0 Å². The molecule has 39 heavy (non-hydrogen) atoms. The van der Waals surface area contributed by atoms with Crippen LogP contribution < -0.4 is 0 Å². The van der Waals surface area contributed by atoms with E-state index in [9.17, 15) is 19.8 Å². The molecule has 0 amide bonds. The third-order valence-corrected chi connectivity index (χ3v) is 12.7. The predicted octanol–water partition coefficient (Wildman–Crippen LogP) is 5.39. The van der Waals surface area contributed by atoms with Gasteiger partial charge in [0.1, 0.15) is 17.0 Å².